The van der Waals surface area contributed by atoms with Gasteiger partial charge in [0.25, 0.3) is 5.91 Å². The number of carbonyl (C=O) groups excluding carboxylic acids is 1. The van der Waals surface area contributed by atoms with E-state index in [4.69, 9.17) is 0 Å². The number of H-pyrrole nitrogens is 2. The van der Waals surface area contributed by atoms with Crippen LogP contribution in [0, 0.1) is 0 Å². The molecule has 0 saturated carbocycles. The van der Waals surface area contributed by atoms with Crippen LogP contribution in [0.15, 0.2) is 49.1 Å². The van der Waals surface area contributed by atoms with Crippen molar-refractivity contribution in [3.05, 3.63) is 71.8 Å². The maximum Gasteiger partial charge on any atom is 0.290 e. The molecule has 6 heteroatoms. The Labute approximate surface area is 127 Å². The van der Waals surface area contributed by atoms with Crippen LogP contribution in [-0.4, -0.2) is 37.3 Å². The van der Waals surface area contributed by atoms with Crippen molar-refractivity contribution in [1.82, 2.24) is 24.8 Å². The van der Waals surface area contributed by atoms with E-state index in [9.17, 15) is 4.79 Å². The zero-order valence-electron chi connectivity index (χ0n) is 11.9. The highest BCUT2D eigenvalue weighted by Crippen LogP contribution is 2.33. The highest BCUT2D eigenvalue weighted by molar-refractivity contribution is 5.91. The van der Waals surface area contributed by atoms with Gasteiger partial charge in [0.1, 0.15) is 6.04 Å². The first kappa shape index (κ1) is 12.8. The van der Waals surface area contributed by atoms with E-state index in [1.165, 1.54) is 0 Å². The first-order valence-corrected chi connectivity index (χ1v) is 7.22. The van der Waals surface area contributed by atoms with Crippen molar-refractivity contribution < 1.29 is 4.79 Å². The van der Waals surface area contributed by atoms with E-state index in [1.54, 1.807) is 18.7 Å². The predicted octanol–water partition coefficient (Wildman–Crippen LogP) is 1.92. The molecule has 0 radical (unpaired) electrons. The molecule has 0 fully saturated rings. The third-order valence-electron chi connectivity index (χ3n) is 4.00. The molecule has 6 nitrogen and oxygen atoms in total. The van der Waals surface area contributed by atoms with E-state index in [1.807, 2.05) is 35.2 Å². The Bertz CT molecular complexity index is 778. The smallest absolute Gasteiger partial charge is 0.290 e. The first-order chi connectivity index (χ1) is 10.8. The van der Waals surface area contributed by atoms with Gasteiger partial charge in [-0.1, -0.05) is 30.3 Å². The van der Waals surface area contributed by atoms with Gasteiger partial charge >= 0.3 is 0 Å². The van der Waals surface area contributed by atoms with Crippen molar-refractivity contribution >= 4 is 5.91 Å². The average Bonchev–Trinajstić information content (AvgIpc) is 3.25. The fraction of sp³-hybridized carbons (Fsp3) is 0.188. The number of aromatic amines is 2. The summed E-state index contributed by atoms with van der Waals surface area (Å²) in [4.78, 5) is 29.2. The van der Waals surface area contributed by atoms with Crippen LogP contribution in [0.3, 0.4) is 0 Å². The van der Waals surface area contributed by atoms with Crippen LogP contribution in [0.2, 0.25) is 0 Å². The monoisotopic (exact) mass is 293 g/mol. The van der Waals surface area contributed by atoms with Gasteiger partial charge in [0.05, 0.1) is 12.0 Å². The van der Waals surface area contributed by atoms with E-state index in [-0.39, 0.29) is 11.9 Å². The van der Waals surface area contributed by atoms with Crippen LogP contribution in [0.5, 0.6) is 0 Å². The molecule has 3 heterocycles. The van der Waals surface area contributed by atoms with Crippen LogP contribution in [0.1, 0.15) is 33.6 Å². The summed E-state index contributed by atoms with van der Waals surface area (Å²) in [5.74, 6) is 0.257. The summed E-state index contributed by atoms with van der Waals surface area (Å²) >= 11 is 0. The maximum atomic E-state index is 12.8. The lowest BCUT2D eigenvalue weighted by molar-refractivity contribution is 0.0679. The lowest BCUT2D eigenvalue weighted by atomic mass is 9.95. The SMILES string of the molecule is O=C(c1ncc[nH]1)N1CCc2[nH]cnc2C1c1ccccc1. The summed E-state index contributed by atoms with van der Waals surface area (Å²) in [6, 6.07) is 9.79. The molecule has 0 aliphatic carbocycles. The second-order valence-corrected chi connectivity index (χ2v) is 5.27. The molecule has 2 N–H and O–H groups in total. The van der Waals surface area contributed by atoms with Gasteiger partial charge in [-0.15, -0.1) is 0 Å². The number of hydrogen-bond donors (Lipinski definition) is 2. The molecule has 0 bridgehead atoms. The molecule has 110 valence electrons. The highest BCUT2D eigenvalue weighted by Gasteiger charge is 2.35. The number of nitrogens with zero attached hydrogens (tertiary/aromatic N) is 3. The van der Waals surface area contributed by atoms with Gasteiger partial charge in [0.2, 0.25) is 0 Å². The molecule has 1 aromatic carbocycles. The molecular formula is C16H15N5O. The standard InChI is InChI=1S/C16H15N5O/c22-16(15-17-7-8-18-15)21-9-6-12-13(20-10-19-12)14(21)11-4-2-1-3-5-11/h1-5,7-8,10,14H,6,9H2,(H,17,18)(H,19,20). The molecule has 0 spiro atoms. The van der Waals surface area contributed by atoms with E-state index in [2.05, 4.69) is 19.9 Å². The predicted molar refractivity (Wildman–Crippen MR) is 80.2 cm³/mol. The Morgan fingerprint density at radius 1 is 1.18 bits per heavy atom. The molecule has 1 atom stereocenters. The third kappa shape index (κ3) is 2.00. The molecule has 3 aromatic rings. The molecule has 1 aliphatic rings. The number of amides is 1. The minimum absolute atomic E-state index is 0.104. The molecule has 1 amide bonds. The molecule has 1 unspecified atom stereocenters. The topological polar surface area (TPSA) is 77.7 Å². The van der Waals surface area contributed by atoms with Crippen molar-refractivity contribution in [2.45, 2.75) is 12.5 Å². The number of hydrogen-bond acceptors (Lipinski definition) is 3. The summed E-state index contributed by atoms with van der Waals surface area (Å²) < 4.78 is 0. The second kappa shape index (κ2) is 5.14. The highest BCUT2D eigenvalue weighted by atomic mass is 16.2. The number of nitrogens with one attached hydrogen (secondary N) is 2. The summed E-state index contributed by atoms with van der Waals surface area (Å²) in [5.41, 5.74) is 3.06. The minimum atomic E-state index is -0.186. The van der Waals surface area contributed by atoms with E-state index in [0.29, 0.717) is 12.4 Å². The first-order valence-electron chi connectivity index (χ1n) is 7.22. The van der Waals surface area contributed by atoms with Crippen LogP contribution in [0.4, 0.5) is 0 Å². The van der Waals surface area contributed by atoms with Crippen molar-refractivity contribution in [1.29, 1.82) is 0 Å². The van der Waals surface area contributed by atoms with E-state index < -0.39 is 0 Å². The molecule has 4 rings (SSSR count). The number of fused-ring (bicyclic) bond motifs is 1. The molecule has 2 aromatic heterocycles. The van der Waals surface area contributed by atoms with E-state index in [0.717, 1.165) is 23.4 Å². The molecule has 0 saturated heterocycles. The third-order valence-corrected chi connectivity index (χ3v) is 4.00. The summed E-state index contributed by atoms with van der Waals surface area (Å²) in [6.45, 7) is 0.633. The quantitative estimate of drug-likeness (QED) is 0.757. The lowest BCUT2D eigenvalue weighted by Gasteiger charge is -2.34. The van der Waals surface area contributed by atoms with Gasteiger partial charge in [-0.25, -0.2) is 9.97 Å². The van der Waals surface area contributed by atoms with Crippen molar-refractivity contribution in [3.63, 3.8) is 0 Å². The second-order valence-electron chi connectivity index (χ2n) is 5.27. The maximum absolute atomic E-state index is 12.8. The van der Waals surface area contributed by atoms with Gasteiger partial charge in [0, 0.05) is 31.1 Å². The zero-order chi connectivity index (χ0) is 14.9. The summed E-state index contributed by atoms with van der Waals surface area (Å²) in [5, 5.41) is 0. The lowest BCUT2D eigenvalue weighted by Crippen LogP contribution is -2.41. The van der Waals surface area contributed by atoms with Gasteiger partial charge in [-0.3, -0.25) is 4.79 Å². The summed E-state index contributed by atoms with van der Waals surface area (Å²) in [7, 11) is 0. The number of benzene rings is 1. The minimum Gasteiger partial charge on any atom is -0.348 e. The van der Waals surface area contributed by atoms with Crippen molar-refractivity contribution in [2.75, 3.05) is 6.54 Å². The van der Waals surface area contributed by atoms with Crippen LogP contribution in [0.25, 0.3) is 0 Å². The Hall–Kier alpha value is -2.89. The number of aromatic nitrogens is 4. The van der Waals surface area contributed by atoms with Crippen LogP contribution < -0.4 is 0 Å². The molecular weight excluding hydrogens is 278 g/mol. The Kier molecular flexibility index (Phi) is 3.00. The van der Waals surface area contributed by atoms with Gasteiger partial charge in [0.15, 0.2) is 5.82 Å². The number of rotatable bonds is 2. The van der Waals surface area contributed by atoms with Crippen molar-refractivity contribution in [2.24, 2.45) is 0 Å². The van der Waals surface area contributed by atoms with Crippen molar-refractivity contribution in [3.8, 4) is 0 Å². The van der Waals surface area contributed by atoms with Gasteiger partial charge in [-0.05, 0) is 5.56 Å². The normalized spacial score (nSPS) is 17.3. The van der Waals surface area contributed by atoms with Gasteiger partial charge < -0.3 is 14.9 Å². The Morgan fingerprint density at radius 3 is 2.82 bits per heavy atom. The van der Waals surface area contributed by atoms with Crippen LogP contribution in [-0.2, 0) is 6.42 Å². The van der Waals surface area contributed by atoms with E-state index >= 15 is 0 Å². The number of imidazole rings is 2. The van der Waals surface area contributed by atoms with Gasteiger partial charge in [-0.2, -0.15) is 0 Å². The zero-order valence-corrected chi connectivity index (χ0v) is 11.9. The Balaban J connectivity index is 1.79. The molecule has 1 aliphatic heterocycles. The fourth-order valence-corrected chi connectivity index (χ4v) is 2.99. The molecule has 22 heavy (non-hydrogen) atoms. The van der Waals surface area contributed by atoms with Crippen LogP contribution >= 0.6 is 0 Å². The summed E-state index contributed by atoms with van der Waals surface area (Å²) in [6.07, 6.45) is 5.72. The fourth-order valence-electron chi connectivity index (χ4n) is 2.99. The largest absolute Gasteiger partial charge is 0.348 e. The Morgan fingerprint density at radius 2 is 2.05 bits per heavy atom. The average molecular weight is 293 g/mol. The number of carbonyl (C=O) groups is 1.